The molecule has 34 heavy (non-hydrogen) atoms. The van der Waals surface area contributed by atoms with Crippen molar-refractivity contribution >= 4 is 27.5 Å². The number of nitrogens with one attached hydrogen (secondary N) is 2. The quantitative estimate of drug-likeness (QED) is 0.556. The second-order valence-electron chi connectivity index (χ2n) is 8.96. The monoisotopic (exact) mass is 485 g/mol. The van der Waals surface area contributed by atoms with Gasteiger partial charge in [0.1, 0.15) is 0 Å². The molecule has 1 atom stereocenters. The molecule has 2 N–H and O–H groups in total. The summed E-state index contributed by atoms with van der Waals surface area (Å²) < 4.78 is 28.0. The van der Waals surface area contributed by atoms with E-state index in [-0.39, 0.29) is 28.7 Å². The van der Waals surface area contributed by atoms with E-state index in [4.69, 9.17) is 0 Å². The van der Waals surface area contributed by atoms with Crippen LogP contribution < -0.4 is 10.0 Å². The Bertz CT molecular complexity index is 1070. The van der Waals surface area contributed by atoms with Gasteiger partial charge in [-0.1, -0.05) is 32.4 Å². The third-order valence-corrected chi connectivity index (χ3v) is 7.71. The van der Waals surface area contributed by atoms with Crippen LogP contribution in [0.25, 0.3) is 0 Å². The van der Waals surface area contributed by atoms with Crippen LogP contribution in [0, 0.1) is 5.92 Å². The molecule has 1 saturated heterocycles. The minimum absolute atomic E-state index is 0.0640. The largest absolute Gasteiger partial charge is 0.353 e. The number of hydrogen-bond donors (Lipinski definition) is 2. The first-order valence-corrected chi connectivity index (χ1v) is 13.5. The summed E-state index contributed by atoms with van der Waals surface area (Å²) in [6, 6.07) is 13.5. The highest BCUT2D eigenvalue weighted by atomic mass is 32.2. The Morgan fingerprint density at radius 3 is 2.18 bits per heavy atom. The molecule has 0 spiro atoms. The summed E-state index contributed by atoms with van der Waals surface area (Å²) in [7, 11) is -3.71. The van der Waals surface area contributed by atoms with Gasteiger partial charge < -0.3 is 10.2 Å². The molecule has 1 fully saturated rings. The maximum Gasteiger partial charge on any atom is 0.261 e. The normalized spacial score (nSPS) is 15.6. The van der Waals surface area contributed by atoms with Gasteiger partial charge in [0.15, 0.2) is 0 Å². The number of likely N-dealkylation sites (tertiary alicyclic amines) is 1. The molecule has 7 nitrogen and oxygen atoms in total. The summed E-state index contributed by atoms with van der Waals surface area (Å²) in [6.45, 7) is 7.16. The molecule has 0 unspecified atom stereocenters. The number of anilines is 1. The summed E-state index contributed by atoms with van der Waals surface area (Å²) >= 11 is 0. The minimum Gasteiger partial charge on any atom is -0.353 e. The molecule has 0 aromatic heterocycles. The van der Waals surface area contributed by atoms with Crippen LogP contribution in [0.5, 0.6) is 0 Å². The first-order chi connectivity index (χ1) is 16.2. The zero-order valence-corrected chi connectivity index (χ0v) is 21.0. The Morgan fingerprint density at radius 2 is 1.62 bits per heavy atom. The first-order valence-electron chi connectivity index (χ1n) is 12.0. The summed E-state index contributed by atoms with van der Waals surface area (Å²) in [4.78, 5) is 27.2. The number of nitrogens with zero attached hydrogens (tertiary/aromatic N) is 1. The lowest BCUT2D eigenvalue weighted by molar-refractivity contribution is -0.126. The van der Waals surface area contributed by atoms with Crippen molar-refractivity contribution in [1.82, 2.24) is 10.2 Å². The average molecular weight is 486 g/mol. The third-order valence-electron chi connectivity index (χ3n) is 6.31. The minimum atomic E-state index is -3.71. The van der Waals surface area contributed by atoms with Gasteiger partial charge in [-0.3, -0.25) is 14.3 Å². The number of hydrogen-bond acceptors (Lipinski definition) is 4. The van der Waals surface area contributed by atoms with Crippen LogP contribution in [0.3, 0.4) is 0 Å². The van der Waals surface area contributed by atoms with E-state index in [2.05, 4.69) is 17.0 Å². The van der Waals surface area contributed by atoms with Crippen molar-refractivity contribution in [2.75, 3.05) is 17.8 Å². The van der Waals surface area contributed by atoms with Gasteiger partial charge in [0.05, 0.1) is 4.90 Å². The molecular formula is C26H35N3O4S. The van der Waals surface area contributed by atoms with E-state index in [1.165, 1.54) is 0 Å². The van der Waals surface area contributed by atoms with Crippen molar-refractivity contribution in [3.63, 3.8) is 0 Å². The number of carbonyl (C=O) groups excluding carboxylic acids is 2. The van der Waals surface area contributed by atoms with Gasteiger partial charge in [0, 0.05) is 36.3 Å². The lowest BCUT2D eigenvalue weighted by Gasteiger charge is -2.32. The highest BCUT2D eigenvalue weighted by molar-refractivity contribution is 7.92. The highest BCUT2D eigenvalue weighted by Gasteiger charge is 2.28. The number of piperidine rings is 1. The van der Waals surface area contributed by atoms with Crippen LogP contribution in [0.1, 0.15) is 62.4 Å². The van der Waals surface area contributed by atoms with E-state index in [0.717, 1.165) is 24.8 Å². The maximum atomic E-state index is 12.9. The van der Waals surface area contributed by atoms with Crippen LogP contribution in [0.2, 0.25) is 0 Å². The lowest BCUT2D eigenvalue weighted by atomic mass is 9.95. The van der Waals surface area contributed by atoms with E-state index >= 15 is 0 Å². The van der Waals surface area contributed by atoms with Crippen LogP contribution >= 0.6 is 0 Å². The van der Waals surface area contributed by atoms with Gasteiger partial charge in [-0.2, -0.15) is 0 Å². The molecule has 2 aromatic carbocycles. The smallest absolute Gasteiger partial charge is 0.261 e. The van der Waals surface area contributed by atoms with Gasteiger partial charge in [-0.15, -0.1) is 0 Å². The van der Waals surface area contributed by atoms with Gasteiger partial charge in [-0.25, -0.2) is 8.42 Å². The van der Waals surface area contributed by atoms with E-state index < -0.39 is 10.0 Å². The molecule has 8 heteroatoms. The second kappa shape index (κ2) is 11.5. The number of benzene rings is 2. The molecule has 184 valence electrons. The fraction of sp³-hybridized carbons (Fsp3) is 0.462. The van der Waals surface area contributed by atoms with E-state index in [9.17, 15) is 18.0 Å². The molecule has 2 aromatic rings. The van der Waals surface area contributed by atoms with E-state index in [1.807, 2.05) is 26.0 Å². The first kappa shape index (κ1) is 25.7. The Morgan fingerprint density at radius 1 is 1.00 bits per heavy atom. The predicted molar refractivity (Wildman–Crippen MR) is 134 cm³/mol. The fourth-order valence-electron chi connectivity index (χ4n) is 4.01. The lowest BCUT2D eigenvalue weighted by Crippen LogP contribution is -2.44. The van der Waals surface area contributed by atoms with Crippen LogP contribution in [-0.2, 0) is 21.2 Å². The Kier molecular flexibility index (Phi) is 8.72. The molecule has 3 rings (SSSR count). The van der Waals surface area contributed by atoms with Crippen molar-refractivity contribution in [3.05, 3.63) is 59.7 Å². The molecule has 0 bridgehead atoms. The Balaban J connectivity index is 1.57. The van der Waals surface area contributed by atoms with Gasteiger partial charge in [0.2, 0.25) is 5.91 Å². The number of amides is 2. The Hall–Kier alpha value is -2.87. The standard InChI is InChI=1S/C26H35N3O4S/c1-4-6-20-7-13-24(14-8-20)34(32,33)28-23-11-9-22(10-12-23)26(31)29-17-15-21(16-18-29)25(30)27-19(3)5-2/h7-14,19,21,28H,4-6,15-18H2,1-3H3,(H,27,30)/t19-/m1/s1. The fourth-order valence-corrected chi connectivity index (χ4v) is 5.07. The van der Waals surface area contributed by atoms with Gasteiger partial charge in [-0.05, 0) is 74.6 Å². The highest BCUT2D eigenvalue weighted by Crippen LogP contribution is 2.22. The molecule has 1 aliphatic heterocycles. The SMILES string of the molecule is CCCc1ccc(S(=O)(=O)Nc2ccc(C(=O)N3CCC(C(=O)N[C@H](C)CC)CC3)cc2)cc1. The van der Waals surface area contributed by atoms with Crippen molar-refractivity contribution in [2.24, 2.45) is 5.92 Å². The molecule has 0 radical (unpaired) electrons. The molecular weight excluding hydrogens is 450 g/mol. The topological polar surface area (TPSA) is 95.6 Å². The summed E-state index contributed by atoms with van der Waals surface area (Å²) in [5, 5.41) is 3.02. The average Bonchev–Trinajstić information content (AvgIpc) is 2.84. The maximum absolute atomic E-state index is 12.9. The number of carbonyl (C=O) groups is 2. The van der Waals surface area contributed by atoms with Gasteiger partial charge in [0.25, 0.3) is 15.9 Å². The van der Waals surface area contributed by atoms with Crippen molar-refractivity contribution < 1.29 is 18.0 Å². The summed E-state index contributed by atoms with van der Waals surface area (Å²) in [5.74, 6) is -0.106. The molecule has 1 aliphatic rings. The van der Waals surface area contributed by atoms with Crippen LogP contribution in [0.4, 0.5) is 5.69 Å². The zero-order valence-electron chi connectivity index (χ0n) is 20.2. The predicted octanol–water partition coefficient (Wildman–Crippen LogP) is 4.21. The molecule has 0 aliphatic carbocycles. The summed E-state index contributed by atoms with van der Waals surface area (Å²) in [5.41, 5.74) is 1.99. The zero-order chi connectivity index (χ0) is 24.7. The van der Waals surface area contributed by atoms with Crippen molar-refractivity contribution in [1.29, 1.82) is 0 Å². The third kappa shape index (κ3) is 6.59. The van der Waals surface area contributed by atoms with Crippen molar-refractivity contribution in [3.8, 4) is 0 Å². The van der Waals surface area contributed by atoms with E-state index in [0.29, 0.717) is 37.2 Å². The number of rotatable bonds is 9. The number of aryl methyl sites for hydroxylation is 1. The van der Waals surface area contributed by atoms with E-state index in [1.54, 1.807) is 41.3 Å². The van der Waals surface area contributed by atoms with Crippen molar-refractivity contribution in [2.45, 2.75) is 63.8 Å². The number of sulfonamides is 1. The summed E-state index contributed by atoms with van der Waals surface area (Å²) in [6.07, 6.45) is 4.08. The molecule has 2 amide bonds. The Labute approximate surface area is 203 Å². The van der Waals surface area contributed by atoms with Gasteiger partial charge >= 0.3 is 0 Å². The van der Waals surface area contributed by atoms with Crippen LogP contribution in [-0.4, -0.2) is 44.3 Å². The molecule has 0 saturated carbocycles. The van der Waals surface area contributed by atoms with Crippen LogP contribution in [0.15, 0.2) is 53.4 Å². The second-order valence-corrected chi connectivity index (χ2v) is 10.6. The molecule has 1 heterocycles.